The van der Waals surface area contributed by atoms with Gasteiger partial charge in [-0.05, 0) is 27.2 Å². The van der Waals surface area contributed by atoms with Crippen molar-refractivity contribution in [3.05, 3.63) is 11.8 Å². The molecule has 1 unspecified atom stereocenters. The summed E-state index contributed by atoms with van der Waals surface area (Å²) in [7, 11) is 0. The molecule has 0 aliphatic heterocycles. The summed E-state index contributed by atoms with van der Waals surface area (Å²) >= 11 is 0. The van der Waals surface area contributed by atoms with E-state index in [1.807, 2.05) is 26.8 Å². The summed E-state index contributed by atoms with van der Waals surface area (Å²) in [4.78, 5) is 8.75. The molecule has 0 spiro atoms. The summed E-state index contributed by atoms with van der Waals surface area (Å²) in [6, 6.07) is 2.06. The fraction of sp³-hybridized carbons (Fsp3) is 0.714. The molecular formula is C14H26N4O. The number of hydrogen-bond donors (Lipinski definition) is 2. The van der Waals surface area contributed by atoms with Gasteiger partial charge >= 0.3 is 0 Å². The molecule has 0 saturated carbocycles. The molecule has 0 radical (unpaired) electrons. The highest BCUT2D eigenvalue weighted by Gasteiger charge is 2.10. The lowest BCUT2D eigenvalue weighted by Crippen LogP contribution is -2.29. The SMILES string of the molecule is CCCCC(CN)Nc1nc(C)cc(OC(C)C)n1. The Bertz CT molecular complexity index is 382. The molecule has 1 heterocycles. The minimum atomic E-state index is 0.104. The summed E-state index contributed by atoms with van der Waals surface area (Å²) in [6.45, 7) is 8.65. The van der Waals surface area contributed by atoms with E-state index in [1.54, 1.807) is 0 Å². The van der Waals surface area contributed by atoms with Crippen molar-refractivity contribution in [3.63, 3.8) is 0 Å². The number of aryl methyl sites for hydroxylation is 1. The van der Waals surface area contributed by atoms with E-state index in [0.29, 0.717) is 18.4 Å². The third kappa shape index (κ3) is 5.87. The van der Waals surface area contributed by atoms with Crippen molar-refractivity contribution >= 4 is 5.95 Å². The Kier molecular flexibility index (Phi) is 6.56. The van der Waals surface area contributed by atoms with E-state index >= 15 is 0 Å². The molecule has 1 aromatic rings. The van der Waals surface area contributed by atoms with Gasteiger partial charge in [-0.2, -0.15) is 4.98 Å². The molecule has 3 N–H and O–H groups in total. The molecule has 19 heavy (non-hydrogen) atoms. The highest BCUT2D eigenvalue weighted by atomic mass is 16.5. The van der Waals surface area contributed by atoms with Crippen molar-refractivity contribution in [2.24, 2.45) is 5.73 Å². The molecule has 0 fully saturated rings. The first kappa shape index (κ1) is 15.7. The lowest BCUT2D eigenvalue weighted by Gasteiger charge is -2.17. The van der Waals surface area contributed by atoms with Gasteiger partial charge in [-0.25, -0.2) is 4.98 Å². The molecule has 0 aromatic carbocycles. The van der Waals surface area contributed by atoms with Gasteiger partial charge in [0.1, 0.15) is 0 Å². The Balaban J connectivity index is 2.73. The monoisotopic (exact) mass is 266 g/mol. The molecule has 5 nitrogen and oxygen atoms in total. The Morgan fingerprint density at radius 2 is 2.11 bits per heavy atom. The Hall–Kier alpha value is -1.36. The minimum Gasteiger partial charge on any atom is -0.475 e. The van der Waals surface area contributed by atoms with E-state index in [1.165, 1.54) is 0 Å². The van der Waals surface area contributed by atoms with E-state index in [4.69, 9.17) is 10.5 Å². The molecule has 1 rings (SSSR count). The zero-order chi connectivity index (χ0) is 14.3. The molecule has 0 aliphatic carbocycles. The molecule has 1 aromatic heterocycles. The predicted molar refractivity (Wildman–Crippen MR) is 78.5 cm³/mol. The van der Waals surface area contributed by atoms with Crippen LogP contribution in [0.5, 0.6) is 5.88 Å². The Morgan fingerprint density at radius 1 is 1.37 bits per heavy atom. The van der Waals surface area contributed by atoms with E-state index < -0.39 is 0 Å². The van der Waals surface area contributed by atoms with E-state index in [2.05, 4.69) is 22.2 Å². The first-order chi connectivity index (χ1) is 9.05. The molecule has 108 valence electrons. The van der Waals surface area contributed by atoms with E-state index in [0.717, 1.165) is 25.0 Å². The van der Waals surface area contributed by atoms with Crippen LogP contribution in [0.2, 0.25) is 0 Å². The molecule has 0 aliphatic rings. The normalized spacial score (nSPS) is 12.5. The smallest absolute Gasteiger partial charge is 0.226 e. The number of ether oxygens (including phenoxy) is 1. The number of nitrogens with two attached hydrogens (primary N) is 1. The zero-order valence-corrected chi connectivity index (χ0v) is 12.4. The number of aromatic nitrogens is 2. The second-order valence-electron chi connectivity index (χ2n) is 5.06. The van der Waals surface area contributed by atoms with Crippen LogP contribution in [0.1, 0.15) is 45.7 Å². The Morgan fingerprint density at radius 3 is 2.68 bits per heavy atom. The van der Waals surface area contributed by atoms with Gasteiger partial charge in [0.15, 0.2) is 0 Å². The minimum absolute atomic E-state index is 0.104. The van der Waals surface area contributed by atoms with Crippen LogP contribution < -0.4 is 15.8 Å². The number of anilines is 1. The first-order valence-corrected chi connectivity index (χ1v) is 7.04. The largest absolute Gasteiger partial charge is 0.475 e. The molecule has 5 heteroatoms. The highest BCUT2D eigenvalue weighted by Crippen LogP contribution is 2.15. The van der Waals surface area contributed by atoms with E-state index in [-0.39, 0.29) is 12.1 Å². The van der Waals surface area contributed by atoms with Crippen molar-refractivity contribution in [1.29, 1.82) is 0 Å². The summed E-state index contributed by atoms with van der Waals surface area (Å²) in [5.41, 5.74) is 6.66. The third-order valence-electron chi connectivity index (χ3n) is 2.71. The average molecular weight is 266 g/mol. The molecule has 0 amide bonds. The fourth-order valence-corrected chi connectivity index (χ4v) is 1.79. The van der Waals surface area contributed by atoms with Gasteiger partial charge in [-0.15, -0.1) is 0 Å². The number of unbranched alkanes of at least 4 members (excludes halogenated alkanes) is 1. The summed E-state index contributed by atoms with van der Waals surface area (Å²) < 4.78 is 5.61. The summed E-state index contributed by atoms with van der Waals surface area (Å²) in [5.74, 6) is 1.21. The quantitative estimate of drug-likeness (QED) is 0.756. The predicted octanol–water partition coefficient (Wildman–Crippen LogP) is 2.50. The van der Waals surface area contributed by atoms with Crippen LogP contribution >= 0.6 is 0 Å². The van der Waals surface area contributed by atoms with E-state index in [9.17, 15) is 0 Å². The van der Waals surface area contributed by atoms with Crippen LogP contribution in [0.3, 0.4) is 0 Å². The highest BCUT2D eigenvalue weighted by molar-refractivity contribution is 5.31. The Labute approximate surface area is 116 Å². The van der Waals surface area contributed by atoms with Crippen molar-refractivity contribution in [2.45, 2.75) is 59.1 Å². The number of nitrogens with zero attached hydrogens (tertiary/aromatic N) is 2. The lowest BCUT2D eigenvalue weighted by atomic mass is 10.1. The van der Waals surface area contributed by atoms with Gasteiger partial charge in [0, 0.05) is 24.3 Å². The van der Waals surface area contributed by atoms with Crippen molar-refractivity contribution in [3.8, 4) is 5.88 Å². The molecule has 1 atom stereocenters. The van der Waals surface area contributed by atoms with Crippen LogP contribution in [0.4, 0.5) is 5.95 Å². The van der Waals surface area contributed by atoms with Crippen LogP contribution in [-0.4, -0.2) is 28.7 Å². The number of hydrogen-bond acceptors (Lipinski definition) is 5. The van der Waals surface area contributed by atoms with Crippen molar-refractivity contribution in [2.75, 3.05) is 11.9 Å². The standard InChI is InChI=1S/C14H26N4O/c1-5-6-7-12(9-15)17-14-16-11(4)8-13(18-14)19-10(2)3/h8,10,12H,5-7,9,15H2,1-4H3,(H,16,17,18). The van der Waals surface area contributed by atoms with Gasteiger partial charge < -0.3 is 15.8 Å². The second-order valence-corrected chi connectivity index (χ2v) is 5.06. The lowest BCUT2D eigenvalue weighted by molar-refractivity contribution is 0.232. The van der Waals surface area contributed by atoms with Gasteiger partial charge in [-0.1, -0.05) is 19.8 Å². The average Bonchev–Trinajstić information content (AvgIpc) is 2.32. The van der Waals surface area contributed by atoms with Crippen molar-refractivity contribution in [1.82, 2.24) is 9.97 Å². The molecule has 0 bridgehead atoms. The fourth-order valence-electron chi connectivity index (χ4n) is 1.79. The van der Waals surface area contributed by atoms with Gasteiger partial charge in [-0.3, -0.25) is 0 Å². The maximum absolute atomic E-state index is 5.77. The summed E-state index contributed by atoms with van der Waals surface area (Å²) in [5, 5.41) is 3.29. The molecule has 0 saturated heterocycles. The number of rotatable bonds is 8. The van der Waals surface area contributed by atoms with Crippen LogP contribution in [0.15, 0.2) is 6.07 Å². The topological polar surface area (TPSA) is 73.1 Å². The maximum atomic E-state index is 5.77. The second kappa shape index (κ2) is 7.94. The number of nitrogens with one attached hydrogen (secondary N) is 1. The van der Waals surface area contributed by atoms with Gasteiger partial charge in [0.25, 0.3) is 0 Å². The zero-order valence-electron chi connectivity index (χ0n) is 12.4. The summed E-state index contributed by atoms with van der Waals surface area (Å²) in [6.07, 6.45) is 3.45. The van der Waals surface area contributed by atoms with Crippen molar-refractivity contribution < 1.29 is 4.74 Å². The van der Waals surface area contributed by atoms with Gasteiger partial charge in [0.2, 0.25) is 11.8 Å². The molecular weight excluding hydrogens is 240 g/mol. The van der Waals surface area contributed by atoms with Crippen LogP contribution in [0, 0.1) is 6.92 Å². The first-order valence-electron chi connectivity index (χ1n) is 7.04. The van der Waals surface area contributed by atoms with Gasteiger partial charge in [0.05, 0.1) is 6.10 Å². The maximum Gasteiger partial charge on any atom is 0.226 e. The third-order valence-corrected chi connectivity index (χ3v) is 2.71. The van der Waals surface area contributed by atoms with Crippen LogP contribution in [-0.2, 0) is 0 Å². The van der Waals surface area contributed by atoms with Crippen LogP contribution in [0.25, 0.3) is 0 Å².